The summed E-state index contributed by atoms with van der Waals surface area (Å²) >= 11 is 0. The van der Waals surface area contributed by atoms with E-state index in [2.05, 4.69) is 17.5 Å². The molecule has 0 heterocycles. The van der Waals surface area contributed by atoms with Gasteiger partial charge in [-0.1, -0.05) is 51.9 Å². The molecule has 0 aliphatic carbocycles. The van der Waals surface area contributed by atoms with Gasteiger partial charge in [0.25, 0.3) is 0 Å². The smallest absolute Gasteiger partial charge is 0.240 e. The maximum absolute atomic E-state index is 11.8. The molecule has 0 fully saturated rings. The van der Waals surface area contributed by atoms with Crippen LogP contribution >= 0.6 is 0 Å². The first-order chi connectivity index (χ1) is 12.2. The number of amides is 1. The minimum Gasteiger partial charge on any atom is -0.497 e. The van der Waals surface area contributed by atoms with Crippen molar-refractivity contribution in [3.8, 4) is 11.5 Å². The summed E-state index contributed by atoms with van der Waals surface area (Å²) in [5, 5.41) is 4.01. The molecule has 0 saturated carbocycles. The van der Waals surface area contributed by atoms with Crippen LogP contribution < -0.4 is 14.9 Å². The Morgan fingerprint density at radius 1 is 1.04 bits per heavy atom. The highest BCUT2D eigenvalue weighted by atomic mass is 16.5. The fourth-order valence-electron chi connectivity index (χ4n) is 2.57. The van der Waals surface area contributed by atoms with Crippen molar-refractivity contribution in [1.29, 1.82) is 0 Å². The molecule has 0 spiro atoms. The molecule has 0 radical (unpaired) electrons. The Labute approximate surface area is 151 Å². The van der Waals surface area contributed by atoms with Gasteiger partial charge in [-0.3, -0.25) is 4.79 Å². The Hall–Kier alpha value is -2.04. The standard InChI is InChI=1S/C20H32N2O3/c1-4-5-6-7-8-9-10-11-12-20(23)22-21-16-17-13-14-18(24-2)15-19(17)25-3/h13-16H,4-12H2,1-3H3,(H,22,23)/b21-16+. The van der Waals surface area contributed by atoms with Crippen LogP contribution in [0.3, 0.4) is 0 Å². The number of ether oxygens (including phenoxy) is 2. The zero-order valence-electron chi connectivity index (χ0n) is 15.8. The van der Waals surface area contributed by atoms with Crippen molar-refractivity contribution >= 4 is 12.1 Å². The Balaban J connectivity index is 2.22. The van der Waals surface area contributed by atoms with E-state index < -0.39 is 0 Å². The molecular formula is C20H32N2O3. The lowest BCUT2D eigenvalue weighted by atomic mass is 10.1. The molecule has 0 aromatic heterocycles. The molecule has 1 N–H and O–H groups in total. The molecule has 0 saturated heterocycles. The number of methoxy groups -OCH3 is 2. The van der Waals surface area contributed by atoms with Crippen molar-refractivity contribution in [1.82, 2.24) is 5.43 Å². The summed E-state index contributed by atoms with van der Waals surface area (Å²) in [6.07, 6.45) is 11.9. The first-order valence-electron chi connectivity index (χ1n) is 9.25. The summed E-state index contributed by atoms with van der Waals surface area (Å²) in [5.74, 6) is 1.32. The summed E-state index contributed by atoms with van der Waals surface area (Å²) in [6.45, 7) is 2.23. The molecule has 5 nitrogen and oxygen atoms in total. The summed E-state index contributed by atoms with van der Waals surface area (Å²) in [7, 11) is 3.20. The van der Waals surface area contributed by atoms with Crippen LogP contribution in [0.25, 0.3) is 0 Å². The fraction of sp³-hybridized carbons (Fsp3) is 0.600. The summed E-state index contributed by atoms with van der Waals surface area (Å²) in [6, 6.07) is 5.45. The maximum Gasteiger partial charge on any atom is 0.240 e. The number of hydrogen-bond acceptors (Lipinski definition) is 4. The Bertz CT molecular complexity index is 530. The molecule has 25 heavy (non-hydrogen) atoms. The Morgan fingerprint density at radius 3 is 2.36 bits per heavy atom. The maximum atomic E-state index is 11.8. The molecule has 5 heteroatoms. The number of rotatable bonds is 13. The van der Waals surface area contributed by atoms with E-state index in [9.17, 15) is 4.79 Å². The monoisotopic (exact) mass is 348 g/mol. The molecule has 1 amide bonds. The van der Waals surface area contributed by atoms with Gasteiger partial charge in [-0.05, 0) is 18.6 Å². The molecule has 1 aromatic carbocycles. The van der Waals surface area contributed by atoms with Crippen LogP contribution in [0.4, 0.5) is 0 Å². The van der Waals surface area contributed by atoms with Gasteiger partial charge < -0.3 is 9.47 Å². The minimum absolute atomic E-state index is 0.0466. The highest BCUT2D eigenvalue weighted by Crippen LogP contribution is 2.22. The molecule has 0 aliphatic rings. The van der Waals surface area contributed by atoms with Crippen molar-refractivity contribution < 1.29 is 14.3 Å². The van der Waals surface area contributed by atoms with Gasteiger partial charge in [-0.25, -0.2) is 5.43 Å². The van der Waals surface area contributed by atoms with Crippen molar-refractivity contribution in [2.24, 2.45) is 5.10 Å². The molecule has 140 valence electrons. The highest BCUT2D eigenvalue weighted by molar-refractivity contribution is 5.85. The van der Waals surface area contributed by atoms with E-state index in [4.69, 9.17) is 9.47 Å². The topological polar surface area (TPSA) is 59.9 Å². The van der Waals surface area contributed by atoms with E-state index in [1.54, 1.807) is 26.5 Å². The average molecular weight is 348 g/mol. The number of carbonyl (C=O) groups is 1. The zero-order chi connectivity index (χ0) is 18.3. The van der Waals surface area contributed by atoms with E-state index in [-0.39, 0.29) is 5.91 Å². The fourth-order valence-corrected chi connectivity index (χ4v) is 2.57. The number of hydrazone groups is 1. The predicted octanol–water partition coefficient (Wildman–Crippen LogP) is 4.68. The number of nitrogens with one attached hydrogen (secondary N) is 1. The Kier molecular flexibility index (Phi) is 11.2. The van der Waals surface area contributed by atoms with Crippen LogP contribution in [0.2, 0.25) is 0 Å². The number of unbranched alkanes of at least 4 members (excludes halogenated alkanes) is 7. The van der Waals surface area contributed by atoms with Gasteiger partial charge in [0, 0.05) is 18.1 Å². The van der Waals surface area contributed by atoms with Crippen LogP contribution in [0, 0.1) is 0 Å². The lowest BCUT2D eigenvalue weighted by Gasteiger charge is -2.07. The zero-order valence-corrected chi connectivity index (χ0v) is 15.8. The van der Waals surface area contributed by atoms with Crippen LogP contribution in [-0.2, 0) is 4.79 Å². The predicted molar refractivity (Wildman–Crippen MR) is 103 cm³/mol. The molecule has 0 aliphatic heterocycles. The molecular weight excluding hydrogens is 316 g/mol. The van der Waals surface area contributed by atoms with Crippen LogP contribution in [-0.4, -0.2) is 26.3 Å². The van der Waals surface area contributed by atoms with Gasteiger partial charge >= 0.3 is 0 Å². The van der Waals surface area contributed by atoms with Crippen LogP contribution in [0.1, 0.15) is 70.3 Å². The van der Waals surface area contributed by atoms with Gasteiger partial charge in [0.05, 0.1) is 20.4 Å². The van der Waals surface area contributed by atoms with Gasteiger partial charge in [0.2, 0.25) is 5.91 Å². The van der Waals surface area contributed by atoms with E-state index in [1.807, 2.05) is 12.1 Å². The molecule has 1 aromatic rings. The first kappa shape index (κ1) is 21.0. The van der Waals surface area contributed by atoms with Crippen molar-refractivity contribution in [2.45, 2.75) is 64.7 Å². The van der Waals surface area contributed by atoms with Crippen LogP contribution in [0.15, 0.2) is 23.3 Å². The van der Waals surface area contributed by atoms with Crippen molar-refractivity contribution in [3.05, 3.63) is 23.8 Å². The second-order valence-electron chi connectivity index (χ2n) is 6.13. The molecule has 0 bridgehead atoms. The normalized spacial score (nSPS) is 10.8. The van der Waals surface area contributed by atoms with Crippen LogP contribution in [0.5, 0.6) is 11.5 Å². The average Bonchev–Trinajstić information content (AvgIpc) is 2.64. The summed E-state index contributed by atoms with van der Waals surface area (Å²) < 4.78 is 10.4. The van der Waals surface area contributed by atoms with E-state index >= 15 is 0 Å². The van der Waals surface area contributed by atoms with Crippen molar-refractivity contribution in [2.75, 3.05) is 14.2 Å². The largest absolute Gasteiger partial charge is 0.497 e. The second kappa shape index (κ2) is 13.3. The minimum atomic E-state index is -0.0466. The SMILES string of the molecule is CCCCCCCCCCC(=O)N/N=C/c1ccc(OC)cc1OC. The number of benzene rings is 1. The number of hydrogen-bond donors (Lipinski definition) is 1. The van der Waals surface area contributed by atoms with Gasteiger partial charge in [-0.2, -0.15) is 5.10 Å². The molecule has 0 atom stereocenters. The lowest BCUT2D eigenvalue weighted by molar-refractivity contribution is -0.121. The summed E-state index contributed by atoms with van der Waals surface area (Å²) in [5.41, 5.74) is 3.36. The van der Waals surface area contributed by atoms with Gasteiger partial charge in [0.1, 0.15) is 11.5 Å². The van der Waals surface area contributed by atoms with Crippen molar-refractivity contribution in [3.63, 3.8) is 0 Å². The molecule has 1 rings (SSSR count). The van der Waals surface area contributed by atoms with E-state index in [0.717, 1.165) is 18.4 Å². The quantitative estimate of drug-likeness (QED) is 0.320. The van der Waals surface area contributed by atoms with Gasteiger partial charge in [0.15, 0.2) is 0 Å². The highest BCUT2D eigenvalue weighted by Gasteiger charge is 2.03. The second-order valence-corrected chi connectivity index (χ2v) is 6.13. The van der Waals surface area contributed by atoms with E-state index in [1.165, 1.54) is 38.5 Å². The first-order valence-corrected chi connectivity index (χ1v) is 9.25. The lowest BCUT2D eigenvalue weighted by Crippen LogP contribution is -2.16. The molecule has 0 unspecified atom stereocenters. The van der Waals surface area contributed by atoms with E-state index in [0.29, 0.717) is 17.9 Å². The Morgan fingerprint density at radius 2 is 1.72 bits per heavy atom. The third kappa shape index (κ3) is 9.13. The summed E-state index contributed by atoms with van der Waals surface area (Å²) in [4.78, 5) is 11.8. The number of carbonyl (C=O) groups excluding carboxylic acids is 1. The third-order valence-electron chi connectivity index (χ3n) is 4.09. The van der Waals surface area contributed by atoms with Gasteiger partial charge in [-0.15, -0.1) is 0 Å². The third-order valence-corrected chi connectivity index (χ3v) is 4.09. The number of nitrogens with zero attached hydrogens (tertiary/aromatic N) is 1.